The van der Waals surface area contributed by atoms with Gasteiger partial charge in [0.05, 0.1) is 63.8 Å². The van der Waals surface area contributed by atoms with Crippen LogP contribution in [0.3, 0.4) is 0 Å². The number of benzene rings is 5. The van der Waals surface area contributed by atoms with Gasteiger partial charge in [-0.25, -0.2) is 0 Å². The Labute approximate surface area is 339 Å². The molecule has 1 N–H and O–H groups in total. The van der Waals surface area contributed by atoms with E-state index in [1.54, 1.807) is 29.2 Å². The van der Waals surface area contributed by atoms with Crippen molar-refractivity contribution < 1.29 is 24.2 Å². The summed E-state index contributed by atoms with van der Waals surface area (Å²) in [5, 5.41) is 17.0. The molecule has 2 aliphatic heterocycles. The van der Waals surface area contributed by atoms with Crippen molar-refractivity contribution in [1.29, 1.82) is 0 Å². The normalized spacial score (nSPS) is 20.1. The highest BCUT2D eigenvalue weighted by Crippen LogP contribution is 2.60. The first-order valence-corrected chi connectivity index (χ1v) is 22.9. The van der Waals surface area contributed by atoms with Gasteiger partial charge in [0.15, 0.2) is 5.60 Å². The third-order valence-corrected chi connectivity index (χ3v) is 16.6. The Bertz CT molecular complexity index is 2530. The number of aliphatic hydroxyl groups is 1. The van der Waals surface area contributed by atoms with E-state index in [-0.39, 0.29) is 54.9 Å². The summed E-state index contributed by atoms with van der Waals surface area (Å²) in [6.07, 6.45) is 1.15. The van der Waals surface area contributed by atoms with Gasteiger partial charge in [0.2, 0.25) is 5.91 Å². The summed E-state index contributed by atoms with van der Waals surface area (Å²) in [5.74, 6) is 0.138. The van der Waals surface area contributed by atoms with Crippen molar-refractivity contribution in [3.63, 3.8) is 0 Å². The van der Waals surface area contributed by atoms with Crippen LogP contribution in [0, 0.1) is 5.92 Å². The lowest BCUT2D eigenvalue weighted by molar-refractivity contribution is -0.150. The van der Waals surface area contributed by atoms with Crippen molar-refractivity contribution in [1.82, 2.24) is 14.7 Å². The third kappa shape index (κ3) is 6.82. The fourth-order valence-electron chi connectivity index (χ4n) is 9.39. The second kappa shape index (κ2) is 15.8. The number of nitrogens with zero attached hydrogens (tertiary/aromatic N) is 4. The number of rotatable bonds is 12. The van der Waals surface area contributed by atoms with E-state index in [4.69, 9.17) is 9.47 Å². The number of aromatic nitrogens is 2. The summed E-state index contributed by atoms with van der Waals surface area (Å²) < 4.78 is 14.1. The number of carbonyl (C=O) groups is 2. The zero-order chi connectivity index (χ0) is 40.6. The lowest BCUT2D eigenvalue weighted by Gasteiger charge is -2.37. The maximum atomic E-state index is 15.4. The van der Waals surface area contributed by atoms with E-state index in [9.17, 15) is 14.7 Å². The molecular formula is C47H48N4O6Si. The number of aliphatic hydroxyl groups excluding tert-OH is 1. The van der Waals surface area contributed by atoms with Crippen LogP contribution in [0.4, 0.5) is 5.69 Å². The molecule has 296 valence electrons. The summed E-state index contributed by atoms with van der Waals surface area (Å²) in [6, 6.07) is 40.6. The molecule has 2 aliphatic rings. The van der Waals surface area contributed by atoms with E-state index >= 15 is 4.79 Å². The zero-order valence-electron chi connectivity index (χ0n) is 33.2. The van der Waals surface area contributed by atoms with Crippen LogP contribution in [-0.4, -0.2) is 66.0 Å². The standard InChI is InChI=1S/C47H48N4O6Si/c1-32-44(58(3,4)38-23-21-37(56-2)22-24-38)42(28-43(53)49(25-26-52)30-33-13-6-5-7-14-33)57-47(32)40-19-10-11-20-41(40)50(46(47)55)31-34-15-12-17-36(27-34)51-45(54)39-18-9-8-16-35(39)29-48-51/h5-24,27,29,32,42,44,52H,25-26,28,30-31H2,1-4H3/t32-,42+,44-,47+/m0/s1. The number of methoxy groups -OCH3 is 1. The van der Waals surface area contributed by atoms with Gasteiger partial charge < -0.3 is 24.4 Å². The molecule has 11 heteroatoms. The van der Waals surface area contributed by atoms with Crippen molar-refractivity contribution in [2.45, 2.75) is 56.8 Å². The van der Waals surface area contributed by atoms with Crippen LogP contribution < -0.4 is 20.4 Å². The van der Waals surface area contributed by atoms with Crippen LogP contribution >= 0.6 is 0 Å². The first-order valence-electron chi connectivity index (χ1n) is 19.8. The summed E-state index contributed by atoms with van der Waals surface area (Å²) in [5.41, 5.74) is 2.21. The van der Waals surface area contributed by atoms with Gasteiger partial charge in [0.1, 0.15) is 5.75 Å². The van der Waals surface area contributed by atoms with E-state index in [1.165, 1.54) is 9.87 Å². The Morgan fingerprint density at radius 2 is 1.60 bits per heavy atom. The molecule has 0 saturated carbocycles. The Kier molecular flexibility index (Phi) is 10.6. The van der Waals surface area contributed by atoms with Crippen LogP contribution in [-0.2, 0) is 33.0 Å². The Hall–Kier alpha value is -5.88. The van der Waals surface area contributed by atoms with Gasteiger partial charge in [0, 0.05) is 30.0 Å². The van der Waals surface area contributed by atoms with Gasteiger partial charge in [-0.3, -0.25) is 14.4 Å². The molecular weight excluding hydrogens is 745 g/mol. The minimum absolute atomic E-state index is 0.0567. The highest BCUT2D eigenvalue weighted by Gasteiger charge is 2.66. The van der Waals surface area contributed by atoms with Crippen molar-refractivity contribution in [3.05, 3.63) is 161 Å². The average Bonchev–Trinajstić information content (AvgIpc) is 3.67. The second-order valence-electron chi connectivity index (χ2n) is 15.9. The number of carbonyl (C=O) groups excluding carboxylic acids is 2. The highest BCUT2D eigenvalue weighted by atomic mass is 28.3. The molecule has 1 fully saturated rings. The van der Waals surface area contributed by atoms with E-state index in [2.05, 4.69) is 37.2 Å². The number of fused-ring (bicyclic) bond motifs is 3. The molecule has 10 nitrogen and oxygen atoms in total. The molecule has 1 aromatic heterocycles. The number of hydrogen-bond acceptors (Lipinski definition) is 7. The number of hydrogen-bond donors (Lipinski definition) is 1. The van der Waals surface area contributed by atoms with Gasteiger partial charge in [0.25, 0.3) is 11.5 Å². The van der Waals surface area contributed by atoms with Crippen molar-refractivity contribution in [3.8, 4) is 11.4 Å². The second-order valence-corrected chi connectivity index (χ2v) is 20.6. The lowest BCUT2D eigenvalue weighted by atomic mass is 9.82. The first-order chi connectivity index (χ1) is 28.1. The molecule has 0 radical (unpaired) electrons. The quantitative estimate of drug-likeness (QED) is 0.140. The van der Waals surface area contributed by atoms with Crippen LogP contribution in [0.2, 0.25) is 18.6 Å². The van der Waals surface area contributed by atoms with Crippen LogP contribution in [0.25, 0.3) is 16.5 Å². The minimum atomic E-state index is -2.52. The monoisotopic (exact) mass is 792 g/mol. The molecule has 5 aromatic carbocycles. The molecule has 4 atom stereocenters. The van der Waals surface area contributed by atoms with Crippen LogP contribution in [0.5, 0.6) is 5.75 Å². The maximum Gasteiger partial charge on any atom is 0.279 e. The number of ether oxygens (including phenoxy) is 2. The summed E-state index contributed by atoms with van der Waals surface area (Å²) in [6.45, 7) is 7.30. The van der Waals surface area contributed by atoms with Gasteiger partial charge in [-0.05, 0) is 53.1 Å². The van der Waals surface area contributed by atoms with Crippen molar-refractivity contribution in [2.75, 3.05) is 25.2 Å². The molecule has 0 aliphatic carbocycles. The first kappa shape index (κ1) is 39.0. The smallest absolute Gasteiger partial charge is 0.279 e. The minimum Gasteiger partial charge on any atom is -0.497 e. The molecule has 3 heterocycles. The molecule has 1 saturated heterocycles. The lowest BCUT2D eigenvalue weighted by Crippen LogP contribution is -2.52. The molecule has 0 unspecified atom stereocenters. The van der Waals surface area contributed by atoms with Crippen LogP contribution in [0.1, 0.15) is 30.0 Å². The van der Waals surface area contributed by atoms with E-state index in [0.717, 1.165) is 33.5 Å². The van der Waals surface area contributed by atoms with Crippen molar-refractivity contribution in [2.24, 2.45) is 5.92 Å². The van der Waals surface area contributed by atoms with E-state index in [1.807, 2.05) is 109 Å². The molecule has 0 bridgehead atoms. The molecule has 1 spiro atoms. The average molecular weight is 793 g/mol. The number of anilines is 1. The fourth-order valence-corrected chi connectivity index (χ4v) is 13.4. The van der Waals surface area contributed by atoms with E-state index < -0.39 is 19.8 Å². The van der Waals surface area contributed by atoms with Gasteiger partial charge in [-0.2, -0.15) is 9.78 Å². The highest BCUT2D eigenvalue weighted by molar-refractivity contribution is 6.91. The predicted octanol–water partition coefficient (Wildman–Crippen LogP) is 6.57. The largest absolute Gasteiger partial charge is 0.497 e. The SMILES string of the molecule is COc1ccc([Si](C)(C)[C@@H]2[C@@H](CC(=O)N(CCO)Cc3ccccc3)O[C@]3(C(=O)N(Cc4cccc(-n5ncc6ccccc6c5=O)c4)c4ccccc43)[C@H]2C)cc1. The molecule has 58 heavy (non-hydrogen) atoms. The van der Waals surface area contributed by atoms with Crippen molar-refractivity contribution >= 4 is 41.5 Å². The molecule has 8 rings (SSSR count). The van der Waals surface area contributed by atoms with Gasteiger partial charge in [-0.15, -0.1) is 0 Å². The third-order valence-electron chi connectivity index (χ3n) is 12.2. The predicted molar refractivity (Wildman–Crippen MR) is 228 cm³/mol. The van der Waals surface area contributed by atoms with Crippen LogP contribution in [0.15, 0.2) is 138 Å². The fraction of sp³-hybridized carbons (Fsp3) is 0.277. The summed E-state index contributed by atoms with van der Waals surface area (Å²) in [7, 11) is -0.876. The molecule has 2 amide bonds. The Balaban J connectivity index is 1.16. The topological polar surface area (TPSA) is 114 Å². The maximum absolute atomic E-state index is 15.4. The summed E-state index contributed by atoms with van der Waals surface area (Å²) >= 11 is 0. The molecule has 6 aromatic rings. The van der Waals surface area contributed by atoms with E-state index in [0.29, 0.717) is 17.6 Å². The Morgan fingerprint density at radius 1 is 0.897 bits per heavy atom. The number of amides is 2. The van der Waals surface area contributed by atoms with Gasteiger partial charge in [-0.1, -0.05) is 116 Å². The van der Waals surface area contributed by atoms with Gasteiger partial charge >= 0.3 is 0 Å². The Morgan fingerprint density at radius 3 is 2.36 bits per heavy atom. The summed E-state index contributed by atoms with van der Waals surface area (Å²) in [4.78, 5) is 46.7. The number of para-hydroxylation sites is 1. The zero-order valence-corrected chi connectivity index (χ0v) is 34.2.